The first-order chi connectivity index (χ1) is 15.0. The van der Waals surface area contributed by atoms with Crippen LogP contribution in [0.4, 0.5) is 10.1 Å². The van der Waals surface area contributed by atoms with Crippen LogP contribution in [0.5, 0.6) is 0 Å². The van der Waals surface area contributed by atoms with Crippen molar-refractivity contribution in [2.75, 3.05) is 18.4 Å². The van der Waals surface area contributed by atoms with Gasteiger partial charge in [0.2, 0.25) is 5.91 Å². The quantitative estimate of drug-likeness (QED) is 0.804. The molecule has 1 N–H and O–H groups in total. The third-order valence-corrected chi connectivity index (χ3v) is 5.40. The number of likely N-dealkylation sites (tertiary alicyclic amines) is 1. The molecule has 4 rings (SSSR count). The Morgan fingerprint density at radius 1 is 0.968 bits per heavy atom. The number of carbonyl (C=O) groups excluding carboxylic acids is 3. The van der Waals surface area contributed by atoms with Crippen LogP contribution in [0.15, 0.2) is 53.6 Å². The van der Waals surface area contributed by atoms with Gasteiger partial charge in [0.15, 0.2) is 0 Å². The Bertz CT molecular complexity index is 1010. The number of halogens is 1. The Hall–Kier alpha value is -3.55. The minimum Gasteiger partial charge on any atom is -0.339 e. The molecule has 0 bridgehead atoms. The monoisotopic (exact) mass is 422 g/mol. The number of amides is 3. The van der Waals surface area contributed by atoms with E-state index in [1.807, 2.05) is 4.90 Å². The highest BCUT2D eigenvalue weighted by Crippen LogP contribution is 2.18. The van der Waals surface area contributed by atoms with Gasteiger partial charge in [-0.15, -0.1) is 0 Å². The molecular formula is C23H23FN4O3. The van der Waals surface area contributed by atoms with Crippen LogP contribution in [0, 0.1) is 5.82 Å². The van der Waals surface area contributed by atoms with E-state index < -0.39 is 5.91 Å². The number of nitrogens with zero attached hydrogens (tertiary/aromatic N) is 3. The molecular weight excluding hydrogens is 399 g/mol. The lowest BCUT2D eigenvalue weighted by molar-refractivity contribution is -0.132. The van der Waals surface area contributed by atoms with E-state index in [0.29, 0.717) is 11.3 Å². The largest absolute Gasteiger partial charge is 0.339 e. The van der Waals surface area contributed by atoms with Gasteiger partial charge in [-0.2, -0.15) is 5.10 Å². The van der Waals surface area contributed by atoms with E-state index in [1.54, 1.807) is 36.4 Å². The van der Waals surface area contributed by atoms with Crippen molar-refractivity contribution in [3.8, 4) is 0 Å². The minimum absolute atomic E-state index is 0.00183. The van der Waals surface area contributed by atoms with Gasteiger partial charge in [-0.25, -0.2) is 9.40 Å². The minimum atomic E-state index is -0.393. The number of carbonyl (C=O) groups is 3. The smallest absolute Gasteiger partial charge is 0.271 e. The van der Waals surface area contributed by atoms with Gasteiger partial charge >= 0.3 is 0 Å². The average molecular weight is 422 g/mol. The molecule has 0 atom stereocenters. The summed E-state index contributed by atoms with van der Waals surface area (Å²) in [6.45, 7) is 1.73. The number of benzene rings is 2. The van der Waals surface area contributed by atoms with E-state index >= 15 is 0 Å². The van der Waals surface area contributed by atoms with Crippen molar-refractivity contribution >= 4 is 29.1 Å². The summed E-state index contributed by atoms with van der Waals surface area (Å²) in [5.41, 5.74) is 2.11. The molecule has 8 heteroatoms. The van der Waals surface area contributed by atoms with Crippen molar-refractivity contribution in [2.24, 2.45) is 5.10 Å². The topological polar surface area (TPSA) is 82.1 Å². The summed E-state index contributed by atoms with van der Waals surface area (Å²) in [7, 11) is 0. The van der Waals surface area contributed by atoms with Crippen molar-refractivity contribution in [1.29, 1.82) is 0 Å². The fraction of sp³-hybridized carbons (Fsp3) is 0.304. The highest BCUT2D eigenvalue weighted by Gasteiger charge is 2.25. The SMILES string of the molecule is O=C(Nc1ccc(C(=O)N2CCCC2)cc1)C1=NN(Cc2ccc(F)cc2)C(=O)CC1. The maximum Gasteiger partial charge on any atom is 0.271 e. The molecule has 0 unspecified atom stereocenters. The zero-order valence-electron chi connectivity index (χ0n) is 17.0. The van der Waals surface area contributed by atoms with E-state index in [9.17, 15) is 18.8 Å². The summed E-state index contributed by atoms with van der Waals surface area (Å²) in [5.74, 6) is -0.937. The molecule has 7 nitrogen and oxygen atoms in total. The molecule has 1 saturated heterocycles. The Morgan fingerprint density at radius 3 is 2.32 bits per heavy atom. The van der Waals surface area contributed by atoms with Crippen LogP contribution < -0.4 is 5.32 Å². The highest BCUT2D eigenvalue weighted by atomic mass is 19.1. The third-order valence-electron chi connectivity index (χ3n) is 5.40. The predicted octanol–water partition coefficient (Wildman–Crippen LogP) is 3.18. The van der Waals surface area contributed by atoms with Gasteiger partial charge in [0, 0.05) is 37.2 Å². The molecule has 31 heavy (non-hydrogen) atoms. The van der Waals surface area contributed by atoms with Crippen molar-refractivity contribution in [1.82, 2.24) is 9.91 Å². The van der Waals surface area contributed by atoms with Gasteiger partial charge < -0.3 is 10.2 Å². The Morgan fingerprint density at radius 2 is 1.65 bits per heavy atom. The van der Waals surface area contributed by atoms with E-state index in [-0.39, 0.29) is 42.7 Å². The van der Waals surface area contributed by atoms with Crippen molar-refractivity contribution in [2.45, 2.75) is 32.2 Å². The first kappa shape index (κ1) is 20.7. The lowest BCUT2D eigenvalue weighted by atomic mass is 10.1. The number of hydrogen-bond donors (Lipinski definition) is 1. The molecule has 160 valence electrons. The fourth-order valence-electron chi connectivity index (χ4n) is 3.65. The van der Waals surface area contributed by atoms with Gasteiger partial charge in [0.25, 0.3) is 11.8 Å². The maximum atomic E-state index is 13.1. The van der Waals surface area contributed by atoms with Crippen molar-refractivity contribution in [3.05, 3.63) is 65.5 Å². The Balaban J connectivity index is 1.40. The first-order valence-corrected chi connectivity index (χ1v) is 10.3. The summed E-state index contributed by atoms with van der Waals surface area (Å²) < 4.78 is 13.1. The van der Waals surface area contributed by atoms with Crippen LogP contribution in [-0.4, -0.2) is 46.4 Å². The molecule has 0 saturated carbocycles. The van der Waals surface area contributed by atoms with Crippen LogP contribution in [0.25, 0.3) is 0 Å². The maximum absolute atomic E-state index is 13.1. The second-order valence-corrected chi connectivity index (χ2v) is 7.66. The zero-order valence-corrected chi connectivity index (χ0v) is 17.0. The van der Waals surface area contributed by atoms with Crippen molar-refractivity contribution in [3.63, 3.8) is 0 Å². The number of anilines is 1. The zero-order chi connectivity index (χ0) is 21.8. The second-order valence-electron chi connectivity index (χ2n) is 7.66. The third kappa shape index (κ3) is 4.96. The normalized spacial score (nSPS) is 16.3. The van der Waals surface area contributed by atoms with Gasteiger partial charge in [0.05, 0.1) is 6.54 Å². The van der Waals surface area contributed by atoms with Crippen LogP contribution in [0.2, 0.25) is 0 Å². The van der Waals surface area contributed by atoms with Crippen LogP contribution in [-0.2, 0) is 16.1 Å². The van der Waals surface area contributed by atoms with E-state index in [0.717, 1.165) is 31.5 Å². The molecule has 1 fully saturated rings. The molecule has 2 aliphatic rings. The molecule has 0 radical (unpaired) electrons. The fourth-order valence-corrected chi connectivity index (χ4v) is 3.65. The number of hydrazone groups is 1. The van der Waals surface area contributed by atoms with Crippen LogP contribution in [0.1, 0.15) is 41.6 Å². The molecule has 2 heterocycles. The summed E-state index contributed by atoms with van der Waals surface area (Å²) in [5, 5.41) is 8.22. The van der Waals surface area contributed by atoms with Crippen LogP contribution in [0.3, 0.4) is 0 Å². The number of hydrogen-bond acceptors (Lipinski definition) is 4. The molecule has 0 aliphatic carbocycles. The molecule has 2 aromatic rings. The lowest BCUT2D eigenvalue weighted by Gasteiger charge is -2.23. The summed E-state index contributed by atoms with van der Waals surface area (Å²) >= 11 is 0. The van der Waals surface area contributed by atoms with Gasteiger partial charge in [0.1, 0.15) is 11.5 Å². The average Bonchev–Trinajstić information content (AvgIpc) is 3.32. The van der Waals surface area contributed by atoms with E-state index in [4.69, 9.17) is 0 Å². The first-order valence-electron chi connectivity index (χ1n) is 10.3. The predicted molar refractivity (Wildman–Crippen MR) is 114 cm³/mol. The van der Waals surface area contributed by atoms with E-state index in [1.165, 1.54) is 17.1 Å². The lowest BCUT2D eigenvalue weighted by Crippen LogP contribution is -2.36. The van der Waals surface area contributed by atoms with Crippen molar-refractivity contribution < 1.29 is 18.8 Å². The highest BCUT2D eigenvalue weighted by molar-refractivity contribution is 6.43. The molecule has 3 amide bonds. The summed E-state index contributed by atoms with van der Waals surface area (Å²) in [6.07, 6.45) is 2.48. The van der Waals surface area contributed by atoms with E-state index in [2.05, 4.69) is 10.4 Å². The van der Waals surface area contributed by atoms with Crippen LogP contribution >= 0.6 is 0 Å². The molecule has 0 aromatic heterocycles. The Kier molecular flexibility index (Phi) is 6.06. The molecule has 0 spiro atoms. The Labute approximate surface area is 179 Å². The molecule has 2 aromatic carbocycles. The van der Waals surface area contributed by atoms with Gasteiger partial charge in [-0.1, -0.05) is 12.1 Å². The number of nitrogens with one attached hydrogen (secondary N) is 1. The molecule has 2 aliphatic heterocycles. The number of rotatable bonds is 5. The second kappa shape index (κ2) is 9.07. The summed E-state index contributed by atoms with van der Waals surface area (Å²) in [6, 6.07) is 12.6. The summed E-state index contributed by atoms with van der Waals surface area (Å²) in [4.78, 5) is 39.1. The van der Waals surface area contributed by atoms with Gasteiger partial charge in [-0.3, -0.25) is 14.4 Å². The standard InChI is InChI=1S/C23H23FN4O3/c24-18-7-3-16(4-8-18)15-28-21(29)12-11-20(26-28)22(30)25-19-9-5-17(6-10-19)23(31)27-13-1-2-14-27/h3-10H,1-2,11-15H2,(H,25,30). The van der Waals surface area contributed by atoms with Gasteiger partial charge in [-0.05, 0) is 54.8 Å².